The Morgan fingerprint density at radius 1 is 1.33 bits per heavy atom. The second-order valence-electron chi connectivity index (χ2n) is 5.73. The van der Waals surface area contributed by atoms with Gasteiger partial charge in [-0.15, -0.1) is 24.8 Å². The number of hydrogen-bond donors (Lipinski definition) is 1. The number of rotatable bonds is 4. The normalized spacial score (nSPS) is 21.0. The van der Waals surface area contributed by atoms with Crippen LogP contribution in [0.3, 0.4) is 0 Å². The zero-order valence-electron chi connectivity index (χ0n) is 13.2. The second kappa shape index (κ2) is 8.61. The van der Waals surface area contributed by atoms with E-state index in [-0.39, 0.29) is 30.9 Å². The summed E-state index contributed by atoms with van der Waals surface area (Å²) in [4.78, 5) is 13.1. The van der Waals surface area contributed by atoms with Gasteiger partial charge in [-0.1, -0.05) is 13.8 Å². The van der Waals surface area contributed by atoms with Crippen LogP contribution < -0.4 is 15.5 Å². The third kappa shape index (κ3) is 4.59. The van der Waals surface area contributed by atoms with Crippen molar-refractivity contribution in [2.45, 2.75) is 26.8 Å². The van der Waals surface area contributed by atoms with E-state index in [1.54, 1.807) is 6.33 Å². The molecule has 0 aromatic carbocycles. The first kappa shape index (κ1) is 20.2. The molecule has 0 spiro atoms. The van der Waals surface area contributed by atoms with E-state index in [9.17, 15) is 0 Å². The van der Waals surface area contributed by atoms with Crippen molar-refractivity contribution >= 4 is 36.4 Å². The third-order valence-electron chi connectivity index (χ3n) is 4.10. The molecule has 2 rings (SSSR count). The molecule has 1 fully saturated rings. The Labute approximate surface area is 140 Å². The molecule has 5 nitrogen and oxygen atoms in total. The van der Waals surface area contributed by atoms with Crippen molar-refractivity contribution in [1.82, 2.24) is 9.97 Å². The van der Waals surface area contributed by atoms with E-state index < -0.39 is 0 Å². The first-order chi connectivity index (χ1) is 9.02. The maximum atomic E-state index is 6.24. The van der Waals surface area contributed by atoms with Crippen LogP contribution in [0.5, 0.6) is 0 Å². The number of nitrogens with zero attached hydrogens (tertiary/aromatic N) is 4. The van der Waals surface area contributed by atoms with Crippen LogP contribution in [0.2, 0.25) is 0 Å². The van der Waals surface area contributed by atoms with Crippen molar-refractivity contribution in [3.05, 3.63) is 12.4 Å². The number of halogens is 2. The lowest BCUT2D eigenvalue weighted by molar-refractivity contribution is 0.382. The van der Waals surface area contributed by atoms with Gasteiger partial charge in [0.1, 0.15) is 18.0 Å². The van der Waals surface area contributed by atoms with Crippen molar-refractivity contribution in [3.63, 3.8) is 0 Å². The zero-order valence-corrected chi connectivity index (χ0v) is 14.8. The molecule has 2 heterocycles. The highest BCUT2D eigenvalue weighted by Gasteiger charge is 2.32. The fraction of sp³-hybridized carbons (Fsp3) is 0.714. The van der Waals surface area contributed by atoms with E-state index in [0.29, 0.717) is 11.8 Å². The van der Waals surface area contributed by atoms with Gasteiger partial charge in [0.25, 0.3) is 0 Å². The fourth-order valence-electron chi connectivity index (χ4n) is 2.63. The van der Waals surface area contributed by atoms with Crippen molar-refractivity contribution < 1.29 is 0 Å². The van der Waals surface area contributed by atoms with Gasteiger partial charge in [0.15, 0.2) is 0 Å². The minimum atomic E-state index is 0. The summed E-state index contributed by atoms with van der Waals surface area (Å²) in [6, 6.07) is 2.29. The van der Waals surface area contributed by atoms with Crippen molar-refractivity contribution in [3.8, 4) is 0 Å². The summed E-state index contributed by atoms with van der Waals surface area (Å²) in [6.45, 7) is 9.40. The summed E-state index contributed by atoms with van der Waals surface area (Å²) in [5, 5.41) is 0. The molecular formula is C14H27Cl2N5. The molecule has 1 aromatic rings. The standard InChI is InChI=1S/C14H25N5.2ClH/c1-5-18(4)13-6-14(17-9-16-13)19-7-11(10(2)3)12(15)8-19;;/h6,9-12H,5,7-8,15H2,1-4H3;2*1H/t11-,12+;;/m1../s1. The molecule has 1 aliphatic rings. The Bertz CT molecular complexity index is 430. The summed E-state index contributed by atoms with van der Waals surface area (Å²) < 4.78 is 0. The van der Waals surface area contributed by atoms with Gasteiger partial charge >= 0.3 is 0 Å². The van der Waals surface area contributed by atoms with Crippen LogP contribution in [0.25, 0.3) is 0 Å². The van der Waals surface area contributed by atoms with Gasteiger partial charge in [-0.05, 0) is 18.8 Å². The lowest BCUT2D eigenvalue weighted by atomic mass is 9.92. The maximum absolute atomic E-state index is 6.24. The molecule has 1 aliphatic heterocycles. The van der Waals surface area contributed by atoms with E-state index in [0.717, 1.165) is 31.3 Å². The van der Waals surface area contributed by atoms with Gasteiger partial charge in [-0.2, -0.15) is 0 Å². The van der Waals surface area contributed by atoms with Gasteiger partial charge in [0.2, 0.25) is 0 Å². The van der Waals surface area contributed by atoms with Crippen LogP contribution in [0.4, 0.5) is 11.6 Å². The molecule has 7 heteroatoms. The average molecular weight is 336 g/mol. The summed E-state index contributed by atoms with van der Waals surface area (Å²) >= 11 is 0. The maximum Gasteiger partial charge on any atom is 0.134 e. The predicted octanol–water partition coefficient (Wildman–Crippen LogP) is 2.20. The van der Waals surface area contributed by atoms with Crippen LogP contribution in [0.1, 0.15) is 20.8 Å². The Balaban J connectivity index is 0.00000200. The molecule has 0 bridgehead atoms. The largest absolute Gasteiger partial charge is 0.360 e. The van der Waals surface area contributed by atoms with E-state index in [4.69, 9.17) is 5.73 Å². The molecule has 0 amide bonds. The molecule has 21 heavy (non-hydrogen) atoms. The highest BCUT2D eigenvalue weighted by Crippen LogP contribution is 2.27. The van der Waals surface area contributed by atoms with Gasteiger partial charge in [-0.3, -0.25) is 0 Å². The van der Waals surface area contributed by atoms with Crippen molar-refractivity contribution in [2.75, 3.05) is 36.5 Å². The topological polar surface area (TPSA) is 58.3 Å². The molecule has 2 atom stereocenters. The Morgan fingerprint density at radius 2 is 2.00 bits per heavy atom. The molecule has 0 unspecified atom stereocenters. The Kier molecular flexibility index (Phi) is 8.29. The molecule has 0 saturated carbocycles. The first-order valence-electron chi connectivity index (χ1n) is 7.06. The molecule has 0 aliphatic carbocycles. The van der Waals surface area contributed by atoms with Crippen LogP contribution in [-0.2, 0) is 0 Å². The summed E-state index contributed by atoms with van der Waals surface area (Å²) in [6.07, 6.45) is 1.64. The fourth-order valence-corrected chi connectivity index (χ4v) is 2.63. The average Bonchev–Trinajstić information content (AvgIpc) is 2.80. The van der Waals surface area contributed by atoms with Gasteiger partial charge < -0.3 is 15.5 Å². The van der Waals surface area contributed by atoms with E-state index in [2.05, 4.69) is 46.6 Å². The lowest BCUT2D eigenvalue weighted by Crippen LogP contribution is -2.32. The first-order valence-corrected chi connectivity index (χ1v) is 7.06. The van der Waals surface area contributed by atoms with Crippen molar-refractivity contribution in [1.29, 1.82) is 0 Å². The molecular weight excluding hydrogens is 309 g/mol. The van der Waals surface area contributed by atoms with E-state index >= 15 is 0 Å². The molecule has 1 saturated heterocycles. The zero-order chi connectivity index (χ0) is 14.0. The summed E-state index contributed by atoms with van der Waals surface area (Å²) in [5.41, 5.74) is 6.24. The molecule has 2 N–H and O–H groups in total. The lowest BCUT2D eigenvalue weighted by Gasteiger charge is -2.21. The highest BCUT2D eigenvalue weighted by atomic mass is 35.5. The van der Waals surface area contributed by atoms with Crippen LogP contribution in [-0.4, -0.2) is 42.7 Å². The van der Waals surface area contributed by atoms with Gasteiger partial charge in [0, 0.05) is 38.8 Å². The molecule has 1 aromatic heterocycles. The molecule has 122 valence electrons. The van der Waals surface area contributed by atoms with Crippen molar-refractivity contribution in [2.24, 2.45) is 17.6 Å². The summed E-state index contributed by atoms with van der Waals surface area (Å²) in [5.74, 6) is 3.11. The van der Waals surface area contributed by atoms with Crippen LogP contribution in [0.15, 0.2) is 12.4 Å². The van der Waals surface area contributed by atoms with E-state index in [1.165, 1.54) is 0 Å². The number of aromatic nitrogens is 2. The predicted molar refractivity (Wildman–Crippen MR) is 94.0 cm³/mol. The summed E-state index contributed by atoms with van der Waals surface area (Å²) in [7, 11) is 2.04. The van der Waals surface area contributed by atoms with E-state index in [1.807, 2.05) is 7.05 Å². The Morgan fingerprint density at radius 3 is 2.52 bits per heavy atom. The van der Waals surface area contributed by atoms with Gasteiger partial charge in [-0.25, -0.2) is 9.97 Å². The third-order valence-corrected chi connectivity index (χ3v) is 4.10. The number of nitrogens with two attached hydrogens (primary N) is 1. The SMILES string of the molecule is CCN(C)c1cc(N2C[C@H](C(C)C)[C@@H](N)C2)ncn1.Cl.Cl. The van der Waals surface area contributed by atoms with Crippen LogP contribution in [0, 0.1) is 11.8 Å². The van der Waals surface area contributed by atoms with Crippen LogP contribution >= 0.6 is 24.8 Å². The minimum Gasteiger partial charge on any atom is -0.360 e. The number of hydrogen-bond acceptors (Lipinski definition) is 5. The monoisotopic (exact) mass is 335 g/mol. The molecule has 0 radical (unpaired) electrons. The minimum absolute atomic E-state index is 0. The Hall–Kier alpha value is -0.780. The van der Waals surface area contributed by atoms with Gasteiger partial charge in [0.05, 0.1) is 0 Å². The highest BCUT2D eigenvalue weighted by molar-refractivity contribution is 5.85. The quantitative estimate of drug-likeness (QED) is 0.913. The number of anilines is 2. The smallest absolute Gasteiger partial charge is 0.134 e. The second-order valence-corrected chi connectivity index (χ2v) is 5.73.